The Morgan fingerprint density at radius 3 is 2.84 bits per heavy atom. The minimum absolute atomic E-state index is 0.109. The molecule has 31 heavy (non-hydrogen) atoms. The zero-order valence-corrected chi connectivity index (χ0v) is 18.4. The first-order chi connectivity index (χ1) is 15.0. The van der Waals surface area contributed by atoms with Gasteiger partial charge in [0.05, 0.1) is 5.39 Å². The van der Waals surface area contributed by atoms with Crippen molar-refractivity contribution < 1.29 is 9.59 Å². The summed E-state index contributed by atoms with van der Waals surface area (Å²) in [7, 11) is 0. The van der Waals surface area contributed by atoms with Gasteiger partial charge in [-0.25, -0.2) is 9.97 Å². The van der Waals surface area contributed by atoms with E-state index in [9.17, 15) is 9.59 Å². The summed E-state index contributed by atoms with van der Waals surface area (Å²) in [6.07, 6.45) is 5.38. The van der Waals surface area contributed by atoms with E-state index in [0.29, 0.717) is 18.2 Å². The lowest BCUT2D eigenvalue weighted by atomic mass is 9.89. The SMILES string of the molecule is C[C@H]1CCc2c(sc3ncnc(N[C@H](Cc4ccccc4)C(=O)NCCC(N)=O)c23)C1. The van der Waals surface area contributed by atoms with Gasteiger partial charge in [-0.3, -0.25) is 9.59 Å². The molecule has 1 aromatic carbocycles. The van der Waals surface area contributed by atoms with E-state index in [2.05, 4.69) is 27.5 Å². The Bertz CT molecular complexity index is 1080. The average molecular weight is 438 g/mol. The maximum absolute atomic E-state index is 13.0. The minimum Gasteiger partial charge on any atom is -0.370 e. The number of nitrogens with one attached hydrogen (secondary N) is 2. The molecule has 4 N–H and O–H groups in total. The van der Waals surface area contributed by atoms with E-state index in [4.69, 9.17) is 5.73 Å². The molecule has 8 heteroatoms. The zero-order chi connectivity index (χ0) is 21.8. The Morgan fingerprint density at radius 2 is 2.06 bits per heavy atom. The van der Waals surface area contributed by atoms with Crippen molar-refractivity contribution in [3.8, 4) is 0 Å². The molecule has 162 valence electrons. The van der Waals surface area contributed by atoms with Crippen LogP contribution in [0.2, 0.25) is 0 Å². The highest BCUT2D eigenvalue weighted by Gasteiger charge is 2.26. The molecule has 0 bridgehead atoms. The number of anilines is 1. The first-order valence-corrected chi connectivity index (χ1v) is 11.4. The fourth-order valence-corrected chi connectivity index (χ4v) is 5.39. The van der Waals surface area contributed by atoms with E-state index < -0.39 is 11.9 Å². The van der Waals surface area contributed by atoms with E-state index in [1.165, 1.54) is 10.4 Å². The molecular weight excluding hydrogens is 410 g/mol. The number of aryl methyl sites for hydroxylation is 1. The number of thiophene rings is 1. The second-order valence-corrected chi connectivity index (χ2v) is 9.23. The van der Waals surface area contributed by atoms with E-state index in [-0.39, 0.29) is 18.9 Å². The topological polar surface area (TPSA) is 110 Å². The molecule has 3 aromatic rings. The van der Waals surface area contributed by atoms with Crippen molar-refractivity contribution in [2.24, 2.45) is 11.7 Å². The van der Waals surface area contributed by atoms with E-state index in [1.54, 1.807) is 17.7 Å². The zero-order valence-electron chi connectivity index (χ0n) is 17.6. The molecule has 0 aliphatic heterocycles. The van der Waals surface area contributed by atoms with Gasteiger partial charge < -0.3 is 16.4 Å². The number of aromatic nitrogens is 2. The molecule has 1 aliphatic carbocycles. The van der Waals surface area contributed by atoms with Gasteiger partial charge in [0, 0.05) is 24.3 Å². The molecule has 2 heterocycles. The lowest BCUT2D eigenvalue weighted by molar-refractivity contribution is -0.122. The van der Waals surface area contributed by atoms with Crippen LogP contribution in [0.4, 0.5) is 5.82 Å². The Labute approximate surface area is 185 Å². The van der Waals surface area contributed by atoms with E-state index in [0.717, 1.165) is 35.0 Å². The number of carbonyl (C=O) groups excluding carboxylic acids is 2. The van der Waals surface area contributed by atoms with Crippen LogP contribution in [-0.4, -0.2) is 34.4 Å². The van der Waals surface area contributed by atoms with Crippen LogP contribution >= 0.6 is 11.3 Å². The summed E-state index contributed by atoms with van der Waals surface area (Å²) in [6.45, 7) is 2.50. The van der Waals surface area contributed by atoms with Crippen LogP contribution in [0.3, 0.4) is 0 Å². The van der Waals surface area contributed by atoms with Crippen LogP contribution in [0, 0.1) is 5.92 Å². The number of benzene rings is 1. The number of nitrogens with two attached hydrogens (primary N) is 1. The Morgan fingerprint density at radius 1 is 1.26 bits per heavy atom. The summed E-state index contributed by atoms with van der Waals surface area (Å²) in [4.78, 5) is 35.4. The number of amides is 2. The largest absolute Gasteiger partial charge is 0.370 e. The fourth-order valence-electron chi connectivity index (χ4n) is 4.04. The Hall–Kier alpha value is -3.00. The number of nitrogens with zero attached hydrogens (tertiary/aromatic N) is 2. The van der Waals surface area contributed by atoms with Gasteiger partial charge in [-0.15, -0.1) is 11.3 Å². The number of fused-ring (bicyclic) bond motifs is 3. The molecule has 2 amide bonds. The predicted molar refractivity (Wildman–Crippen MR) is 123 cm³/mol. The van der Waals surface area contributed by atoms with Crippen LogP contribution in [0.15, 0.2) is 36.7 Å². The Kier molecular flexibility index (Phi) is 6.46. The number of rotatable bonds is 8. The summed E-state index contributed by atoms with van der Waals surface area (Å²) in [6, 6.07) is 9.31. The maximum atomic E-state index is 13.0. The molecule has 0 spiro atoms. The average Bonchev–Trinajstić information content (AvgIpc) is 3.12. The van der Waals surface area contributed by atoms with Crippen LogP contribution in [-0.2, 0) is 28.9 Å². The third-order valence-electron chi connectivity index (χ3n) is 5.67. The second kappa shape index (κ2) is 9.43. The predicted octanol–water partition coefficient (Wildman–Crippen LogP) is 2.83. The number of hydrogen-bond acceptors (Lipinski definition) is 6. The highest BCUT2D eigenvalue weighted by Crippen LogP contribution is 2.39. The quantitative estimate of drug-likeness (QED) is 0.502. The van der Waals surface area contributed by atoms with Gasteiger partial charge in [-0.2, -0.15) is 0 Å². The van der Waals surface area contributed by atoms with Gasteiger partial charge in [-0.1, -0.05) is 37.3 Å². The van der Waals surface area contributed by atoms with Gasteiger partial charge >= 0.3 is 0 Å². The molecule has 7 nitrogen and oxygen atoms in total. The molecular formula is C23H27N5O2S. The van der Waals surface area contributed by atoms with Gasteiger partial charge in [0.1, 0.15) is 23.0 Å². The molecule has 0 fully saturated rings. The molecule has 0 radical (unpaired) electrons. The molecule has 1 aliphatic rings. The molecule has 2 aromatic heterocycles. The smallest absolute Gasteiger partial charge is 0.242 e. The van der Waals surface area contributed by atoms with Gasteiger partial charge in [0.15, 0.2) is 0 Å². The summed E-state index contributed by atoms with van der Waals surface area (Å²) in [5, 5.41) is 7.24. The third-order valence-corrected chi connectivity index (χ3v) is 6.83. The lowest BCUT2D eigenvalue weighted by Gasteiger charge is -2.21. The Balaban J connectivity index is 1.62. The van der Waals surface area contributed by atoms with Crippen molar-refractivity contribution in [2.45, 2.75) is 45.1 Å². The molecule has 0 saturated carbocycles. The van der Waals surface area contributed by atoms with Crippen molar-refractivity contribution in [1.82, 2.24) is 15.3 Å². The summed E-state index contributed by atoms with van der Waals surface area (Å²) < 4.78 is 0. The minimum atomic E-state index is -0.536. The van der Waals surface area contributed by atoms with E-state index in [1.807, 2.05) is 30.3 Å². The normalized spacial score (nSPS) is 16.5. The van der Waals surface area contributed by atoms with Crippen LogP contribution in [0.25, 0.3) is 10.2 Å². The van der Waals surface area contributed by atoms with Gasteiger partial charge in [0.25, 0.3) is 0 Å². The number of primary amides is 1. The van der Waals surface area contributed by atoms with E-state index >= 15 is 0 Å². The standard InChI is InChI=1S/C23H27N5O2S/c1-14-7-8-16-18(11-14)31-23-20(16)21(26-13-27-23)28-17(12-15-5-3-2-4-6-15)22(30)25-10-9-19(24)29/h2-6,13-14,17H,7-12H2,1H3,(H2,24,29)(H,25,30)(H,26,27,28)/t14-,17+/m0/s1. The van der Waals surface area contributed by atoms with Crippen LogP contribution in [0.1, 0.15) is 35.8 Å². The number of hydrogen-bond donors (Lipinski definition) is 3. The molecule has 0 saturated heterocycles. The highest BCUT2D eigenvalue weighted by molar-refractivity contribution is 7.19. The van der Waals surface area contributed by atoms with Gasteiger partial charge in [0.2, 0.25) is 11.8 Å². The lowest BCUT2D eigenvalue weighted by Crippen LogP contribution is -2.42. The monoisotopic (exact) mass is 437 g/mol. The molecule has 0 unspecified atom stereocenters. The summed E-state index contributed by atoms with van der Waals surface area (Å²) in [5.41, 5.74) is 7.56. The number of carbonyl (C=O) groups is 2. The fraction of sp³-hybridized carbons (Fsp3) is 0.391. The third kappa shape index (κ3) is 5.02. The highest BCUT2D eigenvalue weighted by atomic mass is 32.1. The van der Waals surface area contributed by atoms with Crippen LogP contribution < -0.4 is 16.4 Å². The van der Waals surface area contributed by atoms with Crippen molar-refractivity contribution in [2.75, 3.05) is 11.9 Å². The first kappa shape index (κ1) is 21.2. The second-order valence-electron chi connectivity index (χ2n) is 8.15. The first-order valence-electron chi connectivity index (χ1n) is 10.6. The van der Waals surface area contributed by atoms with Crippen molar-refractivity contribution >= 4 is 39.2 Å². The summed E-state index contributed by atoms with van der Waals surface area (Å²) in [5.74, 6) is 0.744. The summed E-state index contributed by atoms with van der Waals surface area (Å²) >= 11 is 1.73. The van der Waals surface area contributed by atoms with Crippen molar-refractivity contribution in [1.29, 1.82) is 0 Å². The van der Waals surface area contributed by atoms with Crippen molar-refractivity contribution in [3.05, 3.63) is 52.7 Å². The maximum Gasteiger partial charge on any atom is 0.242 e. The van der Waals surface area contributed by atoms with Gasteiger partial charge in [-0.05, 0) is 36.3 Å². The van der Waals surface area contributed by atoms with Crippen LogP contribution in [0.5, 0.6) is 0 Å². The van der Waals surface area contributed by atoms with Crippen molar-refractivity contribution in [3.63, 3.8) is 0 Å². The molecule has 4 rings (SSSR count). The molecule has 2 atom stereocenters.